The Labute approximate surface area is 175 Å². The number of amides is 1. The number of aromatic nitrogens is 1. The lowest BCUT2D eigenvalue weighted by molar-refractivity contribution is 0.0760. The Hall–Kier alpha value is -2.63. The molecule has 1 fully saturated rings. The van der Waals surface area contributed by atoms with Crippen LogP contribution >= 0.6 is 11.6 Å². The van der Waals surface area contributed by atoms with Crippen molar-refractivity contribution in [3.8, 4) is 11.3 Å². The first kappa shape index (κ1) is 19.7. The maximum atomic E-state index is 13.4. The van der Waals surface area contributed by atoms with Crippen molar-refractivity contribution in [2.24, 2.45) is 0 Å². The van der Waals surface area contributed by atoms with E-state index in [0.717, 1.165) is 38.2 Å². The van der Waals surface area contributed by atoms with E-state index >= 15 is 0 Å². The molecule has 150 valence electrons. The van der Waals surface area contributed by atoms with Crippen molar-refractivity contribution in [2.45, 2.75) is 19.9 Å². The fraction of sp³-hybridized carbons (Fsp3) is 0.304. The third-order valence-corrected chi connectivity index (χ3v) is 5.66. The highest BCUT2D eigenvalue weighted by Gasteiger charge is 2.28. The average Bonchev–Trinajstić information content (AvgIpc) is 2.96. The summed E-state index contributed by atoms with van der Waals surface area (Å²) in [5.41, 5.74) is 3.04. The predicted octanol–water partition coefficient (Wildman–Crippen LogP) is 4.65. The molecule has 6 heteroatoms. The van der Waals surface area contributed by atoms with Gasteiger partial charge in [-0.25, -0.2) is 0 Å². The van der Waals surface area contributed by atoms with Crippen LogP contribution in [0.15, 0.2) is 59.1 Å². The third-order valence-electron chi connectivity index (χ3n) is 5.33. The number of halogens is 1. The lowest BCUT2D eigenvalue weighted by atomic mass is 10.0. The molecule has 29 heavy (non-hydrogen) atoms. The summed E-state index contributed by atoms with van der Waals surface area (Å²) in [6, 6.07) is 17.8. The molecule has 1 aliphatic heterocycles. The van der Waals surface area contributed by atoms with E-state index in [1.807, 2.05) is 29.2 Å². The van der Waals surface area contributed by atoms with Crippen LogP contribution in [0.4, 0.5) is 0 Å². The fourth-order valence-electron chi connectivity index (χ4n) is 3.79. The Morgan fingerprint density at radius 2 is 1.79 bits per heavy atom. The van der Waals surface area contributed by atoms with E-state index in [4.69, 9.17) is 16.1 Å². The lowest BCUT2D eigenvalue weighted by Gasteiger charge is -2.22. The number of aryl methyl sites for hydroxylation is 1. The van der Waals surface area contributed by atoms with Gasteiger partial charge in [0.1, 0.15) is 17.0 Å². The van der Waals surface area contributed by atoms with Crippen LogP contribution in [0.1, 0.15) is 28.1 Å². The quantitative estimate of drug-likeness (QED) is 0.629. The highest BCUT2D eigenvalue weighted by Crippen LogP contribution is 2.32. The van der Waals surface area contributed by atoms with E-state index < -0.39 is 0 Å². The van der Waals surface area contributed by atoms with Gasteiger partial charge in [-0.15, -0.1) is 0 Å². The van der Waals surface area contributed by atoms with Crippen LogP contribution in [0.2, 0.25) is 5.02 Å². The van der Waals surface area contributed by atoms with E-state index in [2.05, 4.69) is 34.3 Å². The van der Waals surface area contributed by atoms with Gasteiger partial charge in [-0.05, 0) is 25.0 Å². The molecule has 2 heterocycles. The average molecular weight is 410 g/mol. The zero-order valence-electron chi connectivity index (χ0n) is 16.5. The van der Waals surface area contributed by atoms with Crippen molar-refractivity contribution in [1.29, 1.82) is 0 Å². The molecule has 1 aliphatic rings. The molecule has 0 bridgehead atoms. The van der Waals surface area contributed by atoms with Crippen molar-refractivity contribution in [1.82, 2.24) is 15.0 Å². The minimum atomic E-state index is -0.0415. The Kier molecular flexibility index (Phi) is 5.97. The van der Waals surface area contributed by atoms with Crippen LogP contribution in [0, 0.1) is 6.92 Å². The van der Waals surface area contributed by atoms with Gasteiger partial charge in [-0.1, -0.05) is 65.3 Å². The Morgan fingerprint density at radius 1 is 1.03 bits per heavy atom. The Balaban J connectivity index is 1.51. The van der Waals surface area contributed by atoms with Gasteiger partial charge in [0.25, 0.3) is 5.91 Å². The molecule has 1 amide bonds. The molecule has 1 aromatic heterocycles. The molecule has 2 aromatic carbocycles. The van der Waals surface area contributed by atoms with E-state index in [0.29, 0.717) is 28.6 Å². The fourth-order valence-corrected chi connectivity index (χ4v) is 4.02. The molecule has 3 aromatic rings. The van der Waals surface area contributed by atoms with Gasteiger partial charge in [-0.3, -0.25) is 9.69 Å². The third kappa shape index (κ3) is 4.36. The summed E-state index contributed by atoms with van der Waals surface area (Å²) in [5, 5.41) is 4.69. The summed E-state index contributed by atoms with van der Waals surface area (Å²) in [4.78, 5) is 17.7. The number of hydrogen-bond acceptors (Lipinski definition) is 4. The predicted molar refractivity (Wildman–Crippen MR) is 114 cm³/mol. The molecule has 0 atom stereocenters. The standard InChI is InChI=1S/C23H24ClN3O2/c1-17-21(22(25-29-17)19-10-5-6-11-20(19)24)23(28)27-13-7-12-26(14-15-27)16-18-8-3-2-4-9-18/h2-6,8-11H,7,12-16H2,1H3. The molecule has 0 spiro atoms. The van der Waals surface area contributed by atoms with Crippen LogP contribution < -0.4 is 0 Å². The zero-order chi connectivity index (χ0) is 20.2. The van der Waals surface area contributed by atoms with Gasteiger partial charge in [0.05, 0.1) is 5.02 Å². The molecular formula is C23H24ClN3O2. The minimum Gasteiger partial charge on any atom is -0.360 e. The normalized spacial score (nSPS) is 15.3. The number of carbonyl (C=O) groups is 1. The van der Waals surface area contributed by atoms with E-state index in [-0.39, 0.29) is 5.91 Å². The summed E-state index contributed by atoms with van der Waals surface area (Å²) in [6.45, 7) is 5.89. The first-order chi connectivity index (χ1) is 14.1. The second kappa shape index (κ2) is 8.80. The van der Waals surface area contributed by atoms with Crippen LogP contribution in [-0.4, -0.2) is 47.0 Å². The van der Waals surface area contributed by atoms with Crippen LogP contribution in [0.5, 0.6) is 0 Å². The highest BCUT2D eigenvalue weighted by molar-refractivity contribution is 6.33. The summed E-state index contributed by atoms with van der Waals surface area (Å²) in [5.74, 6) is 0.482. The lowest BCUT2D eigenvalue weighted by Crippen LogP contribution is -2.35. The first-order valence-electron chi connectivity index (χ1n) is 9.90. The highest BCUT2D eigenvalue weighted by atomic mass is 35.5. The molecule has 0 radical (unpaired) electrons. The maximum Gasteiger partial charge on any atom is 0.259 e. The van der Waals surface area contributed by atoms with Crippen molar-refractivity contribution >= 4 is 17.5 Å². The first-order valence-corrected chi connectivity index (χ1v) is 10.3. The van der Waals surface area contributed by atoms with E-state index in [9.17, 15) is 4.79 Å². The number of carbonyl (C=O) groups excluding carboxylic acids is 1. The largest absolute Gasteiger partial charge is 0.360 e. The van der Waals surface area contributed by atoms with Crippen LogP contribution in [0.25, 0.3) is 11.3 Å². The molecule has 4 rings (SSSR count). The van der Waals surface area contributed by atoms with Crippen molar-refractivity contribution in [2.75, 3.05) is 26.2 Å². The van der Waals surface area contributed by atoms with Crippen molar-refractivity contribution in [3.05, 3.63) is 76.5 Å². The second-order valence-corrected chi connectivity index (χ2v) is 7.76. The number of rotatable bonds is 4. The number of hydrogen-bond donors (Lipinski definition) is 0. The maximum absolute atomic E-state index is 13.4. The molecule has 0 N–H and O–H groups in total. The molecule has 5 nitrogen and oxygen atoms in total. The van der Waals surface area contributed by atoms with Gasteiger partial charge in [0.15, 0.2) is 0 Å². The molecule has 0 saturated carbocycles. The Morgan fingerprint density at radius 3 is 2.59 bits per heavy atom. The van der Waals surface area contributed by atoms with Gasteiger partial charge in [0, 0.05) is 38.3 Å². The van der Waals surface area contributed by atoms with E-state index in [1.165, 1.54) is 5.56 Å². The van der Waals surface area contributed by atoms with Crippen LogP contribution in [-0.2, 0) is 6.54 Å². The summed E-state index contributed by atoms with van der Waals surface area (Å²) in [7, 11) is 0. The van der Waals surface area contributed by atoms with Crippen molar-refractivity contribution in [3.63, 3.8) is 0 Å². The van der Waals surface area contributed by atoms with Gasteiger partial charge >= 0.3 is 0 Å². The monoisotopic (exact) mass is 409 g/mol. The van der Waals surface area contributed by atoms with E-state index in [1.54, 1.807) is 13.0 Å². The summed E-state index contributed by atoms with van der Waals surface area (Å²) >= 11 is 6.34. The molecule has 0 unspecified atom stereocenters. The topological polar surface area (TPSA) is 49.6 Å². The van der Waals surface area contributed by atoms with Gasteiger partial charge < -0.3 is 9.42 Å². The summed E-state index contributed by atoms with van der Waals surface area (Å²) in [6.07, 6.45) is 0.935. The number of benzene rings is 2. The summed E-state index contributed by atoms with van der Waals surface area (Å²) < 4.78 is 5.38. The number of nitrogens with zero attached hydrogens (tertiary/aromatic N) is 3. The second-order valence-electron chi connectivity index (χ2n) is 7.35. The molecular weight excluding hydrogens is 386 g/mol. The van der Waals surface area contributed by atoms with Gasteiger partial charge in [-0.2, -0.15) is 0 Å². The molecule has 0 aliphatic carbocycles. The van der Waals surface area contributed by atoms with Crippen molar-refractivity contribution < 1.29 is 9.32 Å². The Bertz CT molecular complexity index is 987. The minimum absolute atomic E-state index is 0.0415. The smallest absolute Gasteiger partial charge is 0.259 e. The zero-order valence-corrected chi connectivity index (χ0v) is 17.2. The molecule has 1 saturated heterocycles. The van der Waals surface area contributed by atoms with Crippen LogP contribution in [0.3, 0.4) is 0 Å². The van der Waals surface area contributed by atoms with Gasteiger partial charge in [0.2, 0.25) is 0 Å². The SMILES string of the molecule is Cc1onc(-c2ccccc2Cl)c1C(=O)N1CCCN(Cc2ccccc2)CC1.